The summed E-state index contributed by atoms with van der Waals surface area (Å²) in [6, 6.07) is -0.167. The first kappa shape index (κ1) is 12.1. The molecule has 5 heteroatoms. The van der Waals surface area contributed by atoms with Crippen LogP contribution in [0.5, 0.6) is 0 Å². The zero-order valence-corrected chi connectivity index (χ0v) is 9.73. The number of rotatable bonds is 6. The Morgan fingerprint density at radius 2 is 2.20 bits per heavy atom. The topological polar surface area (TPSA) is 68.2 Å². The van der Waals surface area contributed by atoms with Gasteiger partial charge in [0, 0.05) is 13.0 Å². The smallest absolute Gasteiger partial charge is 0.226 e. The third-order valence-electron chi connectivity index (χ3n) is 2.12. The van der Waals surface area contributed by atoms with Gasteiger partial charge >= 0.3 is 0 Å². The summed E-state index contributed by atoms with van der Waals surface area (Å²) in [5, 5.41) is 3.88. The van der Waals surface area contributed by atoms with Crippen LogP contribution in [-0.2, 0) is 6.42 Å². The van der Waals surface area contributed by atoms with Crippen LogP contribution in [0.2, 0.25) is 0 Å². The Labute approximate surface area is 90.6 Å². The van der Waals surface area contributed by atoms with Gasteiger partial charge in [0.1, 0.15) is 0 Å². The van der Waals surface area contributed by atoms with Crippen LogP contribution >= 0.6 is 0 Å². The lowest BCUT2D eigenvalue weighted by molar-refractivity contribution is 0.345. The summed E-state index contributed by atoms with van der Waals surface area (Å²) in [4.78, 5) is 6.28. The molecule has 0 fully saturated rings. The van der Waals surface area contributed by atoms with E-state index in [1.54, 1.807) is 0 Å². The van der Waals surface area contributed by atoms with E-state index in [9.17, 15) is 0 Å². The Bertz CT molecular complexity index is 285. The SMILES string of the molecule is CCCCc1nc(C(N)CN(C)C)no1. The third kappa shape index (κ3) is 3.97. The predicted molar refractivity (Wildman–Crippen MR) is 58.4 cm³/mol. The lowest BCUT2D eigenvalue weighted by Gasteiger charge is -2.12. The van der Waals surface area contributed by atoms with Crippen molar-refractivity contribution in [3.8, 4) is 0 Å². The second kappa shape index (κ2) is 5.82. The van der Waals surface area contributed by atoms with Crippen molar-refractivity contribution in [3.63, 3.8) is 0 Å². The number of aromatic nitrogens is 2. The van der Waals surface area contributed by atoms with Gasteiger partial charge in [0.05, 0.1) is 6.04 Å². The number of nitrogens with two attached hydrogens (primary N) is 1. The van der Waals surface area contributed by atoms with Crippen molar-refractivity contribution >= 4 is 0 Å². The normalized spacial score (nSPS) is 13.4. The van der Waals surface area contributed by atoms with Crippen molar-refractivity contribution in [2.75, 3.05) is 20.6 Å². The molecule has 0 bridgehead atoms. The van der Waals surface area contributed by atoms with Crippen LogP contribution in [0.3, 0.4) is 0 Å². The van der Waals surface area contributed by atoms with Gasteiger partial charge in [0.2, 0.25) is 5.89 Å². The molecule has 0 spiro atoms. The molecule has 1 aromatic heterocycles. The Kier molecular flexibility index (Phi) is 4.71. The first-order chi connectivity index (χ1) is 7.13. The van der Waals surface area contributed by atoms with Crippen LogP contribution in [0.25, 0.3) is 0 Å². The first-order valence-electron chi connectivity index (χ1n) is 5.36. The minimum Gasteiger partial charge on any atom is -0.339 e. The van der Waals surface area contributed by atoms with E-state index in [-0.39, 0.29) is 6.04 Å². The molecular weight excluding hydrogens is 192 g/mol. The molecule has 15 heavy (non-hydrogen) atoms. The van der Waals surface area contributed by atoms with Crippen LogP contribution in [-0.4, -0.2) is 35.7 Å². The standard InChI is InChI=1S/C10H20N4O/c1-4-5-6-9-12-10(13-15-9)8(11)7-14(2)3/h8H,4-7,11H2,1-3H3. The number of nitrogens with zero attached hydrogens (tertiary/aromatic N) is 3. The van der Waals surface area contributed by atoms with Crippen LogP contribution in [0.4, 0.5) is 0 Å². The maximum Gasteiger partial charge on any atom is 0.226 e. The van der Waals surface area contributed by atoms with Gasteiger partial charge in [0.25, 0.3) is 0 Å². The molecule has 1 atom stereocenters. The minimum absolute atomic E-state index is 0.167. The van der Waals surface area contributed by atoms with E-state index >= 15 is 0 Å². The summed E-state index contributed by atoms with van der Waals surface area (Å²) < 4.78 is 5.11. The van der Waals surface area contributed by atoms with Crippen molar-refractivity contribution in [2.45, 2.75) is 32.2 Å². The summed E-state index contributed by atoms with van der Waals surface area (Å²) in [5.41, 5.74) is 5.91. The average Bonchev–Trinajstić information content (AvgIpc) is 2.62. The molecule has 1 rings (SSSR count). The summed E-state index contributed by atoms with van der Waals surface area (Å²) in [5.74, 6) is 1.30. The zero-order valence-electron chi connectivity index (χ0n) is 9.73. The molecule has 0 radical (unpaired) electrons. The maximum absolute atomic E-state index is 5.91. The summed E-state index contributed by atoms with van der Waals surface area (Å²) in [6.07, 6.45) is 3.05. The quantitative estimate of drug-likeness (QED) is 0.761. The Morgan fingerprint density at radius 3 is 2.80 bits per heavy atom. The highest BCUT2D eigenvalue weighted by atomic mass is 16.5. The average molecular weight is 212 g/mol. The number of likely N-dealkylation sites (N-methyl/N-ethyl adjacent to an activating group) is 1. The van der Waals surface area contributed by atoms with Gasteiger partial charge in [-0.2, -0.15) is 4.98 Å². The molecule has 0 saturated heterocycles. The molecular formula is C10H20N4O. The lowest BCUT2D eigenvalue weighted by atomic mass is 10.2. The molecule has 2 N–H and O–H groups in total. The fourth-order valence-electron chi connectivity index (χ4n) is 1.32. The van der Waals surface area contributed by atoms with Crippen LogP contribution in [0.15, 0.2) is 4.52 Å². The van der Waals surface area contributed by atoms with Gasteiger partial charge in [-0.3, -0.25) is 0 Å². The summed E-state index contributed by atoms with van der Waals surface area (Å²) >= 11 is 0. The molecule has 0 amide bonds. The van der Waals surface area contributed by atoms with Crippen molar-refractivity contribution in [3.05, 3.63) is 11.7 Å². The van der Waals surface area contributed by atoms with Crippen molar-refractivity contribution in [1.82, 2.24) is 15.0 Å². The first-order valence-corrected chi connectivity index (χ1v) is 5.36. The zero-order chi connectivity index (χ0) is 11.3. The molecule has 0 aliphatic heterocycles. The van der Waals surface area contributed by atoms with Gasteiger partial charge in [-0.1, -0.05) is 18.5 Å². The van der Waals surface area contributed by atoms with E-state index < -0.39 is 0 Å². The van der Waals surface area contributed by atoms with E-state index in [4.69, 9.17) is 10.3 Å². The van der Waals surface area contributed by atoms with Gasteiger partial charge in [-0.15, -0.1) is 0 Å². The van der Waals surface area contributed by atoms with Crippen molar-refractivity contribution in [1.29, 1.82) is 0 Å². The van der Waals surface area contributed by atoms with Gasteiger partial charge in [-0.05, 0) is 20.5 Å². The number of unbranched alkanes of at least 4 members (excludes halogenated alkanes) is 1. The Hall–Kier alpha value is -0.940. The fraction of sp³-hybridized carbons (Fsp3) is 0.800. The second-order valence-corrected chi connectivity index (χ2v) is 4.02. The molecule has 0 aliphatic rings. The maximum atomic E-state index is 5.91. The van der Waals surface area contributed by atoms with E-state index in [1.165, 1.54) is 0 Å². The molecule has 5 nitrogen and oxygen atoms in total. The predicted octanol–water partition coefficient (Wildman–Crippen LogP) is 0.974. The summed E-state index contributed by atoms with van der Waals surface area (Å²) in [6.45, 7) is 2.86. The van der Waals surface area contributed by atoms with E-state index in [2.05, 4.69) is 17.1 Å². The molecule has 0 aromatic carbocycles. The van der Waals surface area contributed by atoms with E-state index in [1.807, 2.05) is 19.0 Å². The van der Waals surface area contributed by atoms with Crippen LogP contribution < -0.4 is 5.73 Å². The monoisotopic (exact) mass is 212 g/mol. The lowest BCUT2D eigenvalue weighted by Crippen LogP contribution is -2.26. The molecule has 0 saturated carbocycles. The number of hydrogen-bond acceptors (Lipinski definition) is 5. The Balaban J connectivity index is 2.51. The number of aryl methyl sites for hydroxylation is 1. The highest BCUT2D eigenvalue weighted by molar-refractivity contribution is 4.93. The second-order valence-electron chi connectivity index (χ2n) is 4.02. The molecule has 0 aliphatic carbocycles. The largest absolute Gasteiger partial charge is 0.339 e. The molecule has 1 aromatic rings. The van der Waals surface area contributed by atoms with Crippen molar-refractivity contribution < 1.29 is 4.52 Å². The number of hydrogen-bond donors (Lipinski definition) is 1. The highest BCUT2D eigenvalue weighted by Crippen LogP contribution is 2.08. The fourth-order valence-corrected chi connectivity index (χ4v) is 1.32. The molecule has 1 unspecified atom stereocenters. The van der Waals surface area contributed by atoms with Crippen LogP contribution in [0.1, 0.15) is 37.5 Å². The third-order valence-corrected chi connectivity index (χ3v) is 2.12. The van der Waals surface area contributed by atoms with Crippen molar-refractivity contribution in [2.24, 2.45) is 5.73 Å². The molecule has 86 valence electrons. The molecule has 1 heterocycles. The summed E-state index contributed by atoms with van der Waals surface area (Å²) in [7, 11) is 3.94. The van der Waals surface area contributed by atoms with Gasteiger partial charge < -0.3 is 15.2 Å². The van der Waals surface area contributed by atoms with Crippen LogP contribution in [0, 0.1) is 0 Å². The highest BCUT2D eigenvalue weighted by Gasteiger charge is 2.14. The van der Waals surface area contributed by atoms with Gasteiger partial charge in [0.15, 0.2) is 5.82 Å². The minimum atomic E-state index is -0.167. The Morgan fingerprint density at radius 1 is 1.47 bits per heavy atom. The van der Waals surface area contributed by atoms with E-state index in [0.717, 1.165) is 25.8 Å². The van der Waals surface area contributed by atoms with E-state index in [0.29, 0.717) is 11.7 Å². The van der Waals surface area contributed by atoms with Gasteiger partial charge in [-0.25, -0.2) is 0 Å².